The maximum atomic E-state index is 10.6. The summed E-state index contributed by atoms with van der Waals surface area (Å²) in [5.74, 6) is 0.538. The lowest BCUT2D eigenvalue weighted by molar-refractivity contribution is 0.476. The van der Waals surface area contributed by atoms with Crippen LogP contribution in [0.2, 0.25) is 18.1 Å². The number of rotatable bonds is 2. The first-order chi connectivity index (χ1) is 12.4. The van der Waals surface area contributed by atoms with Crippen LogP contribution >= 0.6 is 31.9 Å². The summed E-state index contributed by atoms with van der Waals surface area (Å²) in [5.41, 5.74) is 0.355. The van der Waals surface area contributed by atoms with Crippen molar-refractivity contribution in [1.29, 1.82) is 10.5 Å². The third-order valence-corrected chi connectivity index (χ3v) is 9.70. The van der Waals surface area contributed by atoms with E-state index in [0.29, 0.717) is 20.5 Å². The quantitative estimate of drug-likeness (QED) is 0.564. The van der Waals surface area contributed by atoms with Crippen molar-refractivity contribution in [3.05, 3.63) is 55.0 Å². The Bertz CT molecular complexity index is 954. The Kier molecular flexibility index (Phi) is 7.97. The summed E-state index contributed by atoms with van der Waals surface area (Å²) < 4.78 is 7.32. The summed E-state index contributed by atoms with van der Waals surface area (Å²) in [6.07, 6.45) is 0. The van der Waals surface area contributed by atoms with Crippen molar-refractivity contribution in [1.82, 2.24) is 9.97 Å². The van der Waals surface area contributed by atoms with E-state index in [2.05, 4.69) is 75.7 Å². The van der Waals surface area contributed by atoms with Gasteiger partial charge in [0.2, 0.25) is 11.4 Å². The molecule has 0 bridgehead atoms. The number of nitrogens with zero attached hydrogens (tertiary/aromatic N) is 3. The molecule has 9 heteroatoms. The van der Waals surface area contributed by atoms with Gasteiger partial charge in [0.05, 0.1) is 8.95 Å². The molecule has 0 fully saturated rings. The van der Waals surface area contributed by atoms with Crippen molar-refractivity contribution in [2.24, 2.45) is 0 Å². The number of pyridine rings is 2. The fourth-order valence-electron chi connectivity index (χ4n) is 1.51. The van der Waals surface area contributed by atoms with Crippen LogP contribution in [0.1, 0.15) is 32.2 Å². The largest absolute Gasteiger partial charge is 0.531 e. The zero-order chi connectivity index (χ0) is 20.8. The molecule has 0 aromatic carbocycles. The number of aromatic amines is 1. The summed E-state index contributed by atoms with van der Waals surface area (Å²) in [4.78, 5) is 17.1. The average molecular weight is 512 g/mol. The molecule has 27 heavy (non-hydrogen) atoms. The van der Waals surface area contributed by atoms with Gasteiger partial charge in [0.25, 0.3) is 8.32 Å². The summed E-state index contributed by atoms with van der Waals surface area (Å²) >= 11 is 6.38. The van der Waals surface area contributed by atoms with Crippen molar-refractivity contribution in [2.75, 3.05) is 0 Å². The lowest BCUT2D eigenvalue weighted by atomic mass is 10.2. The molecular formula is C18H20Br2N4O2Si. The zero-order valence-corrected chi connectivity index (χ0v) is 19.9. The summed E-state index contributed by atoms with van der Waals surface area (Å²) in [6.45, 7) is 10.8. The predicted molar refractivity (Wildman–Crippen MR) is 114 cm³/mol. The molecule has 0 radical (unpaired) electrons. The fourth-order valence-corrected chi connectivity index (χ4v) is 3.08. The molecule has 142 valence electrons. The van der Waals surface area contributed by atoms with Gasteiger partial charge in [-0.25, -0.2) is 4.98 Å². The van der Waals surface area contributed by atoms with Crippen LogP contribution in [0.15, 0.2) is 38.0 Å². The van der Waals surface area contributed by atoms with Gasteiger partial charge in [-0.1, -0.05) is 20.8 Å². The molecule has 0 saturated heterocycles. The van der Waals surface area contributed by atoms with Crippen molar-refractivity contribution in [2.45, 2.75) is 38.9 Å². The number of nitriles is 2. The molecule has 1 N–H and O–H groups in total. The molecule has 2 rings (SSSR count). The minimum atomic E-state index is -1.89. The SMILES string of the molecule is CC(C)(C)[Si](C)(C)Oc1ccc(Br)c(C#N)n1.N#Cc1[nH]c(=O)ccc1Br. The molecule has 6 nitrogen and oxygen atoms in total. The van der Waals surface area contributed by atoms with Crippen molar-refractivity contribution in [3.63, 3.8) is 0 Å². The van der Waals surface area contributed by atoms with Crippen LogP contribution in [0.4, 0.5) is 0 Å². The standard InChI is InChI=1S/C12H17BrN2OSi.C6H3BrN2O/c1-12(2,3)17(4,5)16-11-7-6-9(13)10(8-14)15-11;7-4-1-2-6(10)9-5(4)3-8/h6-7H,1-5H3;1-2H,(H,9,10). The molecule has 0 atom stereocenters. The Morgan fingerprint density at radius 3 is 2.15 bits per heavy atom. The van der Waals surface area contributed by atoms with E-state index in [1.165, 1.54) is 12.1 Å². The second-order valence-corrected chi connectivity index (χ2v) is 13.5. The molecule has 0 aliphatic carbocycles. The van der Waals surface area contributed by atoms with E-state index in [1.807, 2.05) is 12.1 Å². The Balaban J connectivity index is 0.000000309. The van der Waals surface area contributed by atoms with E-state index in [1.54, 1.807) is 12.1 Å². The normalized spacial score (nSPS) is 10.9. The highest BCUT2D eigenvalue weighted by atomic mass is 79.9. The minimum Gasteiger partial charge on any atom is -0.531 e. The van der Waals surface area contributed by atoms with E-state index >= 15 is 0 Å². The Labute approximate surface area is 176 Å². The molecule has 2 aromatic rings. The van der Waals surface area contributed by atoms with Crippen LogP contribution in [0.3, 0.4) is 0 Å². The molecule has 2 heterocycles. The highest BCUT2D eigenvalue weighted by Crippen LogP contribution is 2.37. The zero-order valence-electron chi connectivity index (χ0n) is 15.7. The Morgan fingerprint density at radius 1 is 1.07 bits per heavy atom. The van der Waals surface area contributed by atoms with E-state index in [9.17, 15) is 4.79 Å². The fraction of sp³-hybridized carbons (Fsp3) is 0.333. The molecule has 0 aliphatic heterocycles. The summed E-state index contributed by atoms with van der Waals surface area (Å²) in [6, 6.07) is 10.4. The smallest absolute Gasteiger partial charge is 0.252 e. The van der Waals surface area contributed by atoms with Crippen LogP contribution in [0.25, 0.3) is 0 Å². The Morgan fingerprint density at radius 2 is 1.67 bits per heavy atom. The Hall–Kier alpha value is -1.94. The maximum absolute atomic E-state index is 10.6. The molecule has 2 aromatic heterocycles. The number of aromatic nitrogens is 2. The molecule has 0 saturated carbocycles. The van der Waals surface area contributed by atoms with E-state index in [0.717, 1.165) is 0 Å². The molecular weight excluding hydrogens is 492 g/mol. The second kappa shape index (κ2) is 9.31. The number of hydrogen-bond donors (Lipinski definition) is 1. The number of hydrogen-bond acceptors (Lipinski definition) is 5. The molecule has 0 spiro atoms. The molecule has 0 amide bonds. The monoisotopic (exact) mass is 510 g/mol. The van der Waals surface area contributed by atoms with E-state index in [-0.39, 0.29) is 16.3 Å². The van der Waals surface area contributed by atoms with Gasteiger partial charge >= 0.3 is 0 Å². The van der Waals surface area contributed by atoms with Crippen molar-refractivity contribution >= 4 is 40.2 Å². The number of nitrogens with one attached hydrogen (secondary N) is 1. The molecule has 0 aliphatic rings. The predicted octanol–water partition coefficient (Wildman–Crippen LogP) is 5.11. The number of H-pyrrole nitrogens is 1. The highest BCUT2D eigenvalue weighted by Gasteiger charge is 2.39. The molecule has 0 unspecified atom stereocenters. The number of halogens is 2. The topological polar surface area (TPSA) is 103 Å². The third kappa shape index (κ3) is 6.62. The lowest BCUT2D eigenvalue weighted by Gasteiger charge is -2.35. The second-order valence-electron chi connectivity index (χ2n) is 7.11. The van der Waals surface area contributed by atoms with E-state index < -0.39 is 8.32 Å². The first-order valence-electron chi connectivity index (χ1n) is 7.96. The van der Waals surface area contributed by atoms with Crippen LogP contribution in [-0.2, 0) is 0 Å². The first-order valence-corrected chi connectivity index (χ1v) is 12.5. The van der Waals surface area contributed by atoms with Gasteiger partial charge in [0, 0.05) is 12.1 Å². The van der Waals surface area contributed by atoms with Crippen LogP contribution in [-0.4, -0.2) is 18.3 Å². The van der Waals surface area contributed by atoms with Crippen LogP contribution < -0.4 is 9.99 Å². The van der Waals surface area contributed by atoms with Crippen molar-refractivity contribution in [3.8, 4) is 18.0 Å². The third-order valence-electron chi connectivity index (χ3n) is 4.07. The first kappa shape index (κ1) is 23.1. The van der Waals surface area contributed by atoms with Crippen LogP contribution in [0.5, 0.6) is 5.88 Å². The van der Waals surface area contributed by atoms with Gasteiger partial charge in [-0.3, -0.25) is 4.79 Å². The lowest BCUT2D eigenvalue weighted by Crippen LogP contribution is -2.44. The maximum Gasteiger partial charge on any atom is 0.252 e. The summed E-state index contributed by atoms with van der Waals surface area (Å²) in [5, 5.41) is 17.4. The van der Waals surface area contributed by atoms with Gasteiger partial charge in [0.1, 0.15) is 17.8 Å². The highest BCUT2D eigenvalue weighted by molar-refractivity contribution is 9.10. The van der Waals surface area contributed by atoms with Gasteiger partial charge in [-0.2, -0.15) is 10.5 Å². The van der Waals surface area contributed by atoms with E-state index in [4.69, 9.17) is 14.9 Å². The average Bonchev–Trinajstić information content (AvgIpc) is 2.58. The van der Waals surface area contributed by atoms with Gasteiger partial charge < -0.3 is 9.41 Å². The van der Waals surface area contributed by atoms with Crippen LogP contribution in [0, 0.1) is 22.7 Å². The van der Waals surface area contributed by atoms with Gasteiger partial charge in [-0.15, -0.1) is 0 Å². The summed E-state index contributed by atoms with van der Waals surface area (Å²) in [7, 11) is -1.89. The minimum absolute atomic E-state index is 0.120. The van der Waals surface area contributed by atoms with Gasteiger partial charge in [0.15, 0.2) is 5.69 Å². The van der Waals surface area contributed by atoms with Gasteiger partial charge in [-0.05, 0) is 62.1 Å². The van der Waals surface area contributed by atoms with Crippen molar-refractivity contribution < 1.29 is 4.43 Å².